The maximum absolute atomic E-state index is 13.2. The number of amides is 2. The Kier molecular flexibility index (Phi) is 8.81. The van der Waals surface area contributed by atoms with Crippen LogP contribution in [0.2, 0.25) is 15.1 Å². The van der Waals surface area contributed by atoms with Gasteiger partial charge in [0.25, 0.3) is 0 Å². The number of halogens is 3. The van der Waals surface area contributed by atoms with Crippen LogP contribution in [0.4, 0.5) is 0 Å². The summed E-state index contributed by atoms with van der Waals surface area (Å²) in [5.41, 5.74) is 1.42. The Bertz CT molecular complexity index is 835. The number of rotatable bonds is 8. The molecule has 2 rings (SSSR count). The van der Waals surface area contributed by atoms with Gasteiger partial charge in [0.05, 0.1) is 6.42 Å². The fourth-order valence-corrected chi connectivity index (χ4v) is 3.45. The van der Waals surface area contributed by atoms with Crippen LogP contribution in [0.15, 0.2) is 42.5 Å². The van der Waals surface area contributed by atoms with Gasteiger partial charge in [0.15, 0.2) is 0 Å². The second-order valence-electron chi connectivity index (χ2n) is 7.02. The zero-order valence-electron chi connectivity index (χ0n) is 16.7. The molecule has 0 fully saturated rings. The Labute approximate surface area is 187 Å². The van der Waals surface area contributed by atoms with Crippen LogP contribution in [0.1, 0.15) is 38.3 Å². The van der Waals surface area contributed by atoms with Crippen molar-refractivity contribution in [1.29, 1.82) is 0 Å². The molecule has 0 bridgehead atoms. The number of hydrogen-bond acceptors (Lipinski definition) is 2. The van der Waals surface area contributed by atoms with Crippen LogP contribution < -0.4 is 5.32 Å². The summed E-state index contributed by atoms with van der Waals surface area (Å²) in [6.07, 6.45) is 0.811. The zero-order valence-corrected chi connectivity index (χ0v) is 19.0. The molecule has 0 aliphatic heterocycles. The van der Waals surface area contributed by atoms with E-state index >= 15 is 0 Å². The predicted octanol–water partition coefficient (Wildman–Crippen LogP) is 5.52. The second-order valence-corrected chi connectivity index (χ2v) is 8.27. The predicted molar refractivity (Wildman–Crippen MR) is 120 cm³/mol. The fraction of sp³-hybridized carbons (Fsp3) is 0.364. The van der Waals surface area contributed by atoms with Gasteiger partial charge >= 0.3 is 0 Å². The summed E-state index contributed by atoms with van der Waals surface area (Å²) in [5, 5.41) is 4.40. The van der Waals surface area contributed by atoms with E-state index in [2.05, 4.69) is 5.32 Å². The van der Waals surface area contributed by atoms with Crippen molar-refractivity contribution in [2.45, 2.75) is 52.2 Å². The van der Waals surface area contributed by atoms with Crippen LogP contribution in [0.25, 0.3) is 0 Å². The zero-order chi connectivity index (χ0) is 21.6. The first kappa shape index (κ1) is 23.5. The first-order valence-corrected chi connectivity index (χ1v) is 10.6. The fourth-order valence-electron chi connectivity index (χ4n) is 2.79. The van der Waals surface area contributed by atoms with E-state index in [0.717, 1.165) is 12.0 Å². The molecule has 2 aromatic rings. The van der Waals surface area contributed by atoms with Gasteiger partial charge in [0, 0.05) is 27.7 Å². The minimum Gasteiger partial charge on any atom is -0.352 e. The van der Waals surface area contributed by atoms with E-state index in [-0.39, 0.29) is 30.8 Å². The minimum atomic E-state index is -0.659. The molecule has 4 nitrogen and oxygen atoms in total. The molecule has 0 saturated carbocycles. The summed E-state index contributed by atoms with van der Waals surface area (Å²) in [5.74, 6) is -0.436. The highest BCUT2D eigenvalue weighted by molar-refractivity contribution is 6.36. The average Bonchev–Trinajstić information content (AvgIpc) is 2.69. The summed E-state index contributed by atoms with van der Waals surface area (Å²) in [7, 11) is 0. The molecule has 0 unspecified atom stereocenters. The van der Waals surface area contributed by atoms with Crippen molar-refractivity contribution in [2.24, 2.45) is 0 Å². The first-order valence-electron chi connectivity index (χ1n) is 9.50. The molecule has 0 saturated heterocycles. The van der Waals surface area contributed by atoms with Gasteiger partial charge in [-0.05, 0) is 55.7 Å². The van der Waals surface area contributed by atoms with Crippen LogP contribution in [0, 0.1) is 0 Å². The Morgan fingerprint density at radius 2 is 1.59 bits per heavy atom. The monoisotopic (exact) mass is 454 g/mol. The molecule has 1 N–H and O–H groups in total. The molecule has 2 aromatic carbocycles. The van der Waals surface area contributed by atoms with Gasteiger partial charge < -0.3 is 10.2 Å². The van der Waals surface area contributed by atoms with Crippen molar-refractivity contribution >= 4 is 46.6 Å². The quantitative estimate of drug-likeness (QED) is 0.569. The Morgan fingerprint density at radius 1 is 1.00 bits per heavy atom. The first-order chi connectivity index (χ1) is 13.7. The number of benzene rings is 2. The van der Waals surface area contributed by atoms with Gasteiger partial charge in [0.2, 0.25) is 11.8 Å². The largest absolute Gasteiger partial charge is 0.352 e. The number of nitrogens with one attached hydrogen (secondary N) is 1. The van der Waals surface area contributed by atoms with Gasteiger partial charge in [0.1, 0.15) is 6.04 Å². The highest BCUT2D eigenvalue weighted by Gasteiger charge is 2.27. The van der Waals surface area contributed by atoms with E-state index < -0.39 is 6.04 Å². The molecule has 156 valence electrons. The lowest BCUT2D eigenvalue weighted by Gasteiger charge is -2.30. The number of nitrogens with zero attached hydrogens (tertiary/aromatic N) is 1. The van der Waals surface area contributed by atoms with Gasteiger partial charge in [-0.1, -0.05) is 59.9 Å². The summed E-state index contributed by atoms with van der Waals surface area (Å²) >= 11 is 18.4. The maximum atomic E-state index is 13.2. The van der Waals surface area contributed by atoms with Crippen molar-refractivity contribution in [2.75, 3.05) is 0 Å². The van der Waals surface area contributed by atoms with Gasteiger partial charge in [-0.15, -0.1) is 0 Å². The lowest BCUT2D eigenvalue weighted by molar-refractivity contribution is -0.140. The van der Waals surface area contributed by atoms with Gasteiger partial charge in [-0.2, -0.15) is 0 Å². The molecule has 29 heavy (non-hydrogen) atoms. The molecular formula is C22H25Cl3N2O2. The number of carbonyl (C=O) groups excluding carboxylic acids is 2. The summed E-state index contributed by atoms with van der Waals surface area (Å²) < 4.78 is 0. The van der Waals surface area contributed by atoms with E-state index in [1.54, 1.807) is 42.2 Å². The van der Waals surface area contributed by atoms with Crippen LogP contribution in [-0.4, -0.2) is 28.8 Å². The third-order valence-corrected chi connectivity index (χ3v) is 5.78. The summed E-state index contributed by atoms with van der Waals surface area (Å²) in [6, 6.07) is 11.7. The SMILES string of the molecule is CC[C@H](C)NC(=O)[C@H](C)N(Cc1ccc(Cl)cc1)C(=O)Cc1c(Cl)cccc1Cl. The molecule has 0 radical (unpaired) electrons. The normalized spacial score (nSPS) is 12.9. The minimum absolute atomic E-state index is 0.00699. The third-order valence-electron chi connectivity index (χ3n) is 4.82. The van der Waals surface area contributed by atoms with Crippen molar-refractivity contribution in [3.63, 3.8) is 0 Å². The Hall–Kier alpha value is -1.75. The molecule has 0 aliphatic carbocycles. The highest BCUT2D eigenvalue weighted by Crippen LogP contribution is 2.26. The Balaban J connectivity index is 2.28. The van der Waals surface area contributed by atoms with E-state index in [9.17, 15) is 9.59 Å². The summed E-state index contributed by atoms with van der Waals surface area (Å²) in [6.45, 7) is 5.91. The Morgan fingerprint density at radius 3 is 2.14 bits per heavy atom. The molecule has 7 heteroatoms. The standard InChI is InChI=1S/C22H25Cl3N2O2/c1-4-14(2)26-22(29)15(3)27(13-16-8-10-17(23)11-9-16)21(28)12-18-19(24)6-5-7-20(18)25/h5-11,14-15H,4,12-13H2,1-3H3,(H,26,29)/t14-,15-/m0/s1. The molecule has 0 aliphatic rings. The lowest BCUT2D eigenvalue weighted by Crippen LogP contribution is -2.49. The van der Waals surface area contributed by atoms with Crippen LogP contribution >= 0.6 is 34.8 Å². The molecule has 0 heterocycles. The van der Waals surface area contributed by atoms with Crippen LogP contribution in [-0.2, 0) is 22.6 Å². The average molecular weight is 456 g/mol. The van der Waals surface area contributed by atoms with E-state index in [0.29, 0.717) is 20.6 Å². The second kappa shape index (κ2) is 10.9. The van der Waals surface area contributed by atoms with Crippen LogP contribution in [0.3, 0.4) is 0 Å². The lowest BCUT2D eigenvalue weighted by atomic mass is 10.1. The number of hydrogen-bond donors (Lipinski definition) is 1. The van der Waals surface area contributed by atoms with Crippen molar-refractivity contribution in [1.82, 2.24) is 10.2 Å². The molecular weight excluding hydrogens is 431 g/mol. The van der Waals surface area contributed by atoms with Crippen molar-refractivity contribution in [3.8, 4) is 0 Å². The van der Waals surface area contributed by atoms with Crippen LogP contribution in [0.5, 0.6) is 0 Å². The van der Waals surface area contributed by atoms with Crippen molar-refractivity contribution < 1.29 is 9.59 Å². The number of carbonyl (C=O) groups is 2. The molecule has 0 spiro atoms. The highest BCUT2D eigenvalue weighted by atomic mass is 35.5. The molecule has 0 aromatic heterocycles. The molecule has 2 atom stereocenters. The topological polar surface area (TPSA) is 49.4 Å². The maximum Gasteiger partial charge on any atom is 0.242 e. The summed E-state index contributed by atoms with van der Waals surface area (Å²) in [4.78, 5) is 27.4. The van der Waals surface area contributed by atoms with E-state index in [1.807, 2.05) is 26.0 Å². The van der Waals surface area contributed by atoms with Crippen molar-refractivity contribution in [3.05, 3.63) is 68.7 Å². The van der Waals surface area contributed by atoms with Gasteiger partial charge in [-0.3, -0.25) is 9.59 Å². The molecule has 2 amide bonds. The third kappa shape index (κ3) is 6.63. The smallest absolute Gasteiger partial charge is 0.242 e. The van der Waals surface area contributed by atoms with Gasteiger partial charge in [-0.25, -0.2) is 0 Å². The van der Waals surface area contributed by atoms with E-state index in [1.165, 1.54) is 0 Å². The van der Waals surface area contributed by atoms with E-state index in [4.69, 9.17) is 34.8 Å².